The summed E-state index contributed by atoms with van der Waals surface area (Å²) in [5.74, 6) is -0.381. The summed E-state index contributed by atoms with van der Waals surface area (Å²) >= 11 is 0. The molecule has 0 spiro atoms. The zero-order valence-corrected chi connectivity index (χ0v) is 49.2. The van der Waals surface area contributed by atoms with Crippen LogP contribution in [0, 0.1) is 0 Å². The minimum absolute atomic E-state index is 0.0605. The number of carbonyl (C=O) groups excluding carboxylic acids is 1. The SMILES string of the molecule is CC/C=C\C/C=C\C/C=C\C/C=C\CCCCCCCCCCC(=O)OC(COCCCCCCCCCCCCCCCCCCCCCCCCC)COC1OC(COC2OC(CO)C(O)C(O)C2O)C(O)C(O)C1O. The molecule has 2 saturated heterocycles. The van der Waals surface area contributed by atoms with Crippen LogP contribution in [0.3, 0.4) is 0 Å². The molecular formula is C64H116O14. The first-order chi connectivity index (χ1) is 38.1. The highest BCUT2D eigenvalue weighted by Gasteiger charge is 2.47. The van der Waals surface area contributed by atoms with Crippen LogP contribution in [0.4, 0.5) is 0 Å². The van der Waals surface area contributed by atoms with Crippen molar-refractivity contribution in [2.45, 2.75) is 319 Å². The van der Waals surface area contributed by atoms with Gasteiger partial charge in [0.2, 0.25) is 0 Å². The van der Waals surface area contributed by atoms with Gasteiger partial charge in [-0.3, -0.25) is 4.79 Å². The van der Waals surface area contributed by atoms with Gasteiger partial charge >= 0.3 is 5.97 Å². The molecule has 7 N–H and O–H groups in total. The summed E-state index contributed by atoms with van der Waals surface area (Å²) < 4.78 is 34.5. The van der Waals surface area contributed by atoms with Crippen LogP contribution >= 0.6 is 0 Å². The van der Waals surface area contributed by atoms with E-state index in [4.69, 9.17) is 28.4 Å². The van der Waals surface area contributed by atoms with E-state index >= 15 is 0 Å². The second-order valence-corrected chi connectivity index (χ2v) is 22.2. The first-order valence-corrected chi connectivity index (χ1v) is 31.7. The van der Waals surface area contributed by atoms with Crippen molar-refractivity contribution in [1.29, 1.82) is 0 Å². The molecule has 0 amide bonds. The number of esters is 1. The van der Waals surface area contributed by atoms with Gasteiger partial charge in [-0.15, -0.1) is 0 Å². The van der Waals surface area contributed by atoms with Crippen molar-refractivity contribution in [3.63, 3.8) is 0 Å². The van der Waals surface area contributed by atoms with Gasteiger partial charge in [-0.2, -0.15) is 0 Å². The molecule has 0 bridgehead atoms. The van der Waals surface area contributed by atoms with Crippen LogP contribution in [0.2, 0.25) is 0 Å². The molecule has 2 aliphatic heterocycles. The minimum atomic E-state index is -1.71. The van der Waals surface area contributed by atoms with E-state index in [2.05, 4.69) is 62.5 Å². The van der Waals surface area contributed by atoms with Gasteiger partial charge in [0.25, 0.3) is 0 Å². The average molecular weight is 1110 g/mol. The zero-order valence-electron chi connectivity index (χ0n) is 49.2. The van der Waals surface area contributed by atoms with Crippen LogP contribution in [-0.4, -0.2) is 142 Å². The number of ether oxygens (including phenoxy) is 6. The molecule has 11 atom stereocenters. The number of carbonyl (C=O) groups is 1. The summed E-state index contributed by atoms with van der Waals surface area (Å²) in [4.78, 5) is 13.1. The van der Waals surface area contributed by atoms with Gasteiger partial charge in [0.15, 0.2) is 12.6 Å². The topological polar surface area (TPSA) is 214 Å². The maximum Gasteiger partial charge on any atom is 0.306 e. The smallest absolute Gasteiger partial charge is 0.306 e. The van der Waals surface area contributed by atoms with Crippen LogP contribution in [0.25, 0.3) is 0 Å². The van der Waals surface area contributed by atoms with Crippen molar-refractivity contribution in [2.24, 2.45) is 0 Å². The number of hydrogen-bond acceptors (Lipinski definition) is 14. The molecule has 11 unspecified atom stereocenters. The van der Waals surface area contributed by atoms with Gasteiger partial charge in [0, 0.05) is 13.0 Å². The van der Waals surface area contributed by atoms with E-state index in [0.29, 0.717) is 13.0 Å². The number of unbranched alkanes of at least 4 members (excludes halogenated alkanes) is 30. The van der Waals surface area contributed by atoms with E-state index < -0.39 is 80.7 Å². The maximum atomic E-state index is 13.1. The standard InChI is InChI=1S/C64H116O14/c1-3-5-7-9-11-13-15-17-19-21-23-25-26-28-30-32-34-36-38-40-42-44-46-48-73-50-53(51-74-63-62(72)60(70)58(68)55(78-63)52-75-64-61(71)59(69)57(67)54(49-65)77-64)76-56(66)47-45-43-41-39-37-35-33-31-29-27-24-22-20-18-16-14-12-10-8-6-4-2/h6,8,12,14,18,20,24,27,53-55,57-65,67-72H,3-5,7,9-11,13,15-17,19,21-23,25-26,28-52H2,1-2H3/b8-6-,14-12-,20-18-,27-24-. The fourth-order valence-electron chi connectivity index (χ4n) is 10.0. The summed E-state index contributed by atoms with van der Waals surface area (Å²) in [6.07, 6.45) is 46.0. The summed E-state index contributed by atoms with van der Waals surface area (Å²) in [6, 6.07) is 0. The van der Waals surface area contributed by atoms with Gasteiger partial charge < -0.3 is 64.2 Å². The molecule has 2 rings (SSSR count). The molecule has 0 aromatic carbocycles. The monoisotopic (exact) mass is 1110 g/mol. The summed E-state index contributed by atoms with van der Waals surface area (Å²) in [6.45, 7) is 3.62. The quantitative estimate of drug-likeness (QED) is 0.0172. The van der Waals surface area contributed by atoms with Crippen LogP contribution in [0.15, 0.2) is 48.6 Å². The molecule has 14 nitrogen and oxygen atoms in total. The van der Waals surface area contributed by atoms with Crippen molar-refractivity contribution in [2.75, 3.05) is 33.0 Å². The van der Waals surface area contributed by atoms with Gasteiger partial charge in [-0.1, -0.05) is 242 Å². The Morgan fingerprint density at radius 1 is 0.436 bits per heavy atom. The number of hydrogen-bond donors (Lipinski definition) is 7. The fraction of sp³-hybridized carbons (Fsp3) is 0.859. The predicted octanol–water partition coefficient (Wildman–Crippen LogP) is 12.3. The molecule has 0 radical (unpaired) electrons. The summed E-state index contributed by atoms with van der Waals surface area (Å²) in [5, 5.41) is 72.5. The Bertz CT molecular complexity index is 1470. The molecule has 0 aromatic rings. The summed E-state index contributed by atoms with van der Waals surface area (Å²) in [7, 11) is 0. The first-order valence-electron chi connectivity index (χ1n) is 31.7. The number of allylic oxidation sites excluding steroid dienone is 8. The number of aliphatic hydroxyl groups excluding tert-OH is 7. The highest BCUT2D eigenvalue weighted by Crippen LogP contribution is 2.27. The average Bonchev–Trinajstić information content (AvgIpc) is 3.45. The predicted molar refractivity (Wildman–Crippen MR) is 312 cm³/mol. The molecule has 14 heteroatoms. The van der Waals surface area contributed by atoms with Gasteiger partial charge in [-0.25, -0.2) is 0 Å². The van der Waals surface area contributed by atoms with Crippen molar-refractivity contribution >= 4 is 5.97 Å². The third-order valence-electron chi connectivity index (χ3n) is 15.1. The third kappa shape index (κ3) is 36.4. The van der Waals surface area contributed by atoms with E-state index in [1.807, 2.05) is 0 Å². The van der Waals surface area contributed by atoms with E-state index in [1.54, 1.807) is 0 Å². The second-order valence-electron chi connectivity index (χ2n) is 22.2. The van der Waals surface area contributed by atoms with Crippen LogP contribution in [0.5, 0.6) is 0 Å². The Morgan fingerprint density at radius 3 is 1.31 bits per heavy atom. The lowest BCUT2D eigenvalue weighted by Crippen LogP contribution is -2.61. The largest absolute Gasteiger partial charge is 0.457 e. The Balaban J connectivity index is 1.68. The molecular weight excluding hydrogens is 993 g/mol. The molecule has 0 aromatic heterocycles. The van der Waals surface area contributed by atoms with E-state index in [1.165, 1.54) is 154 Å². The van der Waals surface area contributed by atoms with Crippen LogP contribution in [0.1, 0.15) is 251 Å². The third-order valence-corrected chi connectivity index (χ3v) is 15.1. The normalized spacial score (nSPS) is 24.4. The highest BCUT2D eigenvalue weighted by atomic mass is 16.7. The fourth-order valence-corrected chi connectivity index (χ4v) is 10.0. The highest BCUT2D eigenvalue weighted by molar-refractivity contribution is 5.69. The first kappa shape index (κ1) is 72.1. The van der Waals surface area contributed by atoms with Gasteiger partial charge in [0.1, 0.15) is 54.9 Å². The number of rotatable bonds is 52. The van der Waals surface area contributed by atoms with E-state index in [9.17, 15) is 40.5 Å². The lowest BCUT2D eigenvalue weighted by molar-refractivity contribution is -0.332. The van der Waals surface area contributed by atoms with Gasteiger partial charge in [0.05, 0.1) is 26.4 Å². The van der Waals surface area contributed by atoms with Crippen molar-refractivity contribution in [3.8, 4) is 0 Å². The second kappa shape index (κ2) is 50.7. The van der Waals surface area contributed by atoms with Crippen LogP contribution in [-0.2, 0) is 33.2 Å². The molecule has 2 aliphatic rings. The molecule has 2 heterocycles. The van der Waals surface area contributed by atoms with Crippen LogP contribution < -0.4 is 0 Å². The summed E-state index contributed by atoms with van der Waals surface area (Å²) in [5.41, 5.74) is 0. The molecule has 2 fully saturated rings. The lowest BCUT2D eigenvalue weighted by atomic mass is 9.98. The van der Waals surface area contributed by atoms with E-state index in [-0.39, 0.29) is 25.6 Å². The van der Waals surface area contributed by atoms with E-state index in [0.717, 1.165) is 70.6 Å². The molecule has 78 heavy (non-hydrogen) atoms. The zero-order chi connectivity index (χ0) is 56.5. The molecule has 0 saturated carbocycles. The Labute approximate surface area is 473 Å². The Morgan fingerprint density at radius 2 is 0.833 bits per heavy atom. The van der Waals surface area contributed by atoms with Gasteiger partial charge in [-0.05, 0) is 51.4 Å². The molecule has 0 aliphatic carbocycles. The Kier molecular flexibility index (Phi) is 46.8. The number of aliphatic hydroxyl groups is 7. The molecule has 456 valence electrons. The van der Waals surface area contributed by atoms with Crippen molar-refractivity contribution in [1.82, 2.24) is 0 Å². The van der Waals surface area contributed by atoms with Crippen molar-refractivity contribution in [3.05, 3.63) is 48.6 Å². The Hall–Kier alpha value is -2.05. The minimum Gasteiger partial charge on any atom is -0.457 e. The lowest BCUT2D eigenvalue weighted by Gasteiger charge is -2.42. The maximum absolute atomic E-state index is 13.1. The van der Waals surface area contributed by atoms with Crippen molar-refractivity contribution < 1.29 is 69.0 Å².